The lowest BCUT2D eigenvalue weighted by Crippen LogP contribution is -2.04. The van der Waals surface area contributed by atoms with Crippen molar-refractivity contribution < 1.29 is 13.7 Å². The molecule has 0 amide bonds. The van der Waals surface area contributed by atoms with Crippen molar-refractivity contribution in [1.29, 1.82) is 0 Å². The van der Waals surface area contributed by atoms with Crippen molar-refractivity contribution in [1.82, 2.24) is 14.9 Å². The molecule has 2 unspecified atom stereocenters. The van der Waals surface area contributed by atoms with Gasteiger partial charge in [0.15, 0.2) is 6.23 Å². The highest BCUT2D eigenvalue weighted by Gasteiger charge is 2.42. The minimum Gasteiger partial charge on any atom is -0.469 e. The van der Waals surface area contributed by atoms with Crippen molar-refractivity contribution in [2.45, 2.75) is 39.6 Å². The number of anilines is 1. The molecular weight excluding hydrogens is 296 g/mol. The molecule has 2 atom stereocenters. The van der Waals surface area contributed by atoms with E-state index in [1.54, 1.807) is 12.5 Å². The van der Waals surface area contributed by atoms with Crippen molar-refractivity contribution in [2.24, 2.45) is 0 Å². The molecule has 3 aromatic heterocycles. The highest BCUT2D eigenvalue weighted by Crippen LogP contribution is 2.40. The first kappa shape index (κ1) is 14.1. The maximum atomic E-state index is 5.67. The molecule has 7 nitrogen and oxygen atoms in total. The first-order valence-electron chi connectivity index (χ1n) is 7.52. The number of furan rings is 1. The second-order valence-electron chi connectivity index (χ2n) is 5.78. The number of aryl methyl sites for hydroxylation is 3. The summed E-state index contributed by atoms with van der Waals surface area (Å²) in [4.78, 5) is 0. The quantitative estimate of drug-likeness (QED) is 0.729. The average molecular weight is 314 g/mol. The van der Waals surface area contributed by atoms with Crippen LogP contribution in [0, 0.1) is 20.8 Å². The third kappa shape index (κ3) is 2.63. The second-order valence-corrected chi connectivity index (χ2v) is 5.78. The minimum absolute atomic E-state index is 0.0389. The summed E-state index contributed by atoms with van der Waals surface area (Å²) in [6, 6.07) is 1.95. The van der Waals surface area contributed by atoms with Gasteiger partial charge in [-0.2, -0.15) is 5.10 Å². The summed E-state index contributed by atoms with van der Waals surface area (Å²) >= 11 is 0. The maximum Gasteiger partial charge on any atom is 0.159 e. The Bertz CT molecular complexity index is 813. The van der Waals surface area contributed by atoms with Crippen molar-refractivity contribution in [2.75, 3.05) is 5.32 Å². The van der Waals surface area contributed by atoms with Crippen LogP contribution in [0.3, 0.4) is 0 Å². The van der Waals surface area contributed by atoms with E-state index < -0.39 is 0 Å². The van der Waals surface area contributed by atoms with Crippen molar-refractivity contribution in [3.05, 3.63) is 53.1 Å². The fourth-order valence-electron chi connectivity index (χ4n) is 2.73. The molecule has 0 radical (unpaired) electrons. The van der Waals surface area contributed by atoms with Gasteiger partial charge in [-0.3, -0.25) is 4.68 Å². The van der Waals surface area contributed by atoms with Gasteiger partial charge in [0, 0.05) is 17.3 Å². The van der Waals surface area contributed by atoms with E-state index in [1.807, 2.05) is 37.7 Å². The Hall–Kier alpha value is -2.54. The number of aromatic nitrogens is 3. The molecule has 1 N–H and O–H groups in total. The Kier molecular flexibility index (Phi) is 3.23. The molecule has 0 aromatic carbocycles. The fourth-order valence-corrected chi connectivity index (χ4v) is 2.73. The van der Waals surface area contributed by atoms with Gasteiger partial charge < -0.3 is 19.0 Å². The number of ether oxygens (including phenoxy) is 1. The number of epoxide rings is 1. The van der Waals surface area contributed by atoms with Gasteiger partial charge in [0.2, 0.25) is 0 Å². The molecule has 0 bridgehead atoms. The van der Waals surface area contributed by atoms with Crippen LogP contribution in [0.15, 0.2) is 33.7 Å². The normalized spacial score (nSPS) is 20.0. The van der Waals surface area contributed by atoms with Crippen LogP contribution < -0.4 is 5.32 Å². The number of hydrogen-bond donors (Lipinski definition) is 1. The van der Waals surface area contributed by atoms with E-state index in [-0.39, 0.29) is 12.3 Å². The number of nitrogens with one attached hydrogen (secondary N) is 1. The van der Waals surface area contributed by atoms with Crippen LogP contribution in [0.1, 0.15) is 34.4 Å². The van der Waals surface area contributed by atoms with Crippen LogP contribution in [0.2, 0.25) is 0 Å². The summed E-state index contributed by atoms with van der Waals surface area (Å²) in [5.74, 6) is 1.72. The first-order valence-corrected chi connectivity index (χ1v) is 7.52. The molecule has 0 saturated carbocycles. The van der Waals surface area contributed by atoms with Crippen molar-refractivity contribution in [3.8, 4) is 0 Å². The lowest BCUT2D eigenvalue weighted by Gasteiger charge is -2.00. The average Bonchev–Trinajstić information content (AvgIpc) is 2.85. The first-order chi connectivity index (χ1) is 11.1. The van der Waals surface area contributed by atoms with Crippen LogP contribution in [0.4, 0.5) is 5.69 Å². The van der Waals surface area contributed by atoms with Gasteiger partial charge in [-0.1, -0.05) is 5.16 Å². The minimum atomic E-state index is -0.0389. The fraction of sp³-hybridized carbons (Fsp3) is 0.375. The van der Waals surface area contributed by atoms with Crippen LogP contribution in [0.25, 0.3) is 0 Å². The molecule has 0 spiro atoms. The van der Waals surface area contributed by atoms with Gasteiger partial charge in [-0.15, -0.1) is 0 Å². The third-order valence-corrected chi connectivity index (χ3v) is 4.14. The van der Waals surface area contributed by atoms with Gasteiger partial charge in [0.1, 0.15) is 17.6 Å². The van der Waals surface area contributed by atoms with E-state index >= 15 is 0 Å². The smallest absolute Gasteiger partial charge is 0.159 e. The maximum absolute atomic E-state index is 5.67. The summed E-state index contributed by atoms with van der Waals surface area (Å²) in [5.41, 5.74) is 3.97. The number of nitrogens with zero attached hydrogens (tertiary/aromatic N) is 3. The van der Waals surface area contributed by atoms with Gasteiger partial charge in [-0.25, -0.2) is 0 Å². The summed E-state index contributed by atoms with van der Waals surface area (Å²) in [5, 5.41) is 11.7. The highest BCUT2D eigenvalue weighted by molar-refractivity contribution is 5.42. The standard InChI is InChI=1S/C16H18N4O3/c1-9-14(11(3)23-19-9)8-20-7-12(6-17-20)18-16-15(22-16)13-4-5-21-10(13)2/h4-7,15-16,18H,8H2,1-3H3. The Labute approximate surface area is 133 Å². The lowest BCUT2D eigenvalue weighted by atomic mass is 10.2. The van der Waals surface area contributed by atoms with E-state index in [0.717, 1.165) is 34.0 Å². The zero-order valence-electron chi connectivity index (χ0n) is 13.2. The topological polar surface area (TPSA) is 81.5 Å². The molecule has 4 heterocycles. The van der Waals surface area contributed by atoms with Crippen molar-refractivity contribution >= 4 is 5.69 Å². The van der Waals surface area contributed by atoms with Crippen molar-refractivity contribution in [3.63, 3.8) is 0 Å². The van der Waals surface area contributed by atoms with Crippen LogP contribution in [0.5, 0.6) is 0 Å². The van der Waals surface area contributed by atoms with E-state index in [2.05, 4.69) is 15.6 Å². The largest absolute Gasteiger partial charge is 0.469 e. The van der Waals surface area contributed by atoms with E-state index in [4.69, 9.17) is 13.7 Å². The molecule has 1 fully saturated rings. The predicted octanol–water partition coefficient (Wildman–Crippen LogP) is 2.95. The highest BCUT2D eigenvalue weighted by atomic mass is 16.6. The molecule has 7 heteroatoms. The molecule has 0 aliphatic carbocycles. The molecule has 3 aromatic rings. The number of hydrogen-bond acceptors (Lipinski definition) is 6. The monoisotopic (exact) mass is 314 g/mol. The predicted molar refractivity (Wildman–Crippen MR) is 82.0 cm³/mol. The van der Waals surface area contributed by atoms with E-state index in [1.165, 1.54) is 0 Å². The summed E-state index contributed by atoms with van der Waals surface area (Å²) in [7, 11) is 0. The molecule has 120 valence electrons. The second kappa shape index (κ2) is 5.27. The van der Waals surface area contributed by atoms with Crippen LogP contribution in [-0.4, -0.2) is 21.2 Å². The zero-order chi connectivity index (χ0) is 16.0. The van der Waals surface area contributed by atoms with Gasteiger partial charge in [0.25, 0.3) is 0 Å². The van der Waals surface area contributed by atoms with E-state index in [9.17, 15) is 0 Å². The zero-order valence-corrected chi connectivity index (χ0v) is 13.2. The molecular formula is C16H18N4O3. The molecule has 1 aliphatic heterocycles. The number of rotatable bonds is 5. The molecule has 1 aliphatic rings. The summed E-state index contributed by atoms with van der Waals surface area (Å²) in [6.45, 7) is 6.42. The summed E-state index contributed by atoms with van der Waals surface area (Å²) < 4.78 is 18.0. The lowest BCUT2D eigenvalue weighted by molar-refractivity contribution is 0.383. The van der Waals surface area contributed by atoms with E-state index in [0.29, 0.717) is 6.54 Å². The van der Waals surface area contributed by atoms with Gasteiger partial charge in [-0.05, 0) is 26.8 Å². The summed E-state index contributed by atoms with van der Waals surface area (Å²) in [6.07, 6.45) is 5.43. The molecule has 4 rings (SSSR count). The SMILES string of the molecule is Cc1noc(C)c1Cn1cc(NC2OC2c2ccoc2C)cn1. The molecule has 1 saturated heterocycles. The Morgan fingerprint density at radius 1 is 1.26 bits per heavy atom. The Morgan fingerprint density at radius 2 is 2.13 bits per heavy atom. The van der Waals surface area contributed by atoms with Crippen LogP contribution >= 0.6 is 0 Å². The molecule has 23 heavy (non-hydrogen) atoms. The van der Waals surface area contributed by atoms with Gasteiger partial charge >= 0.3 is 0 Å². The Balaban J connectivity index is 1.41. The Morgan fingerprint density at radius 3 is 2.83 bits per heavy atom. The van der Waals surface area contributed by atoms with Crippen LogP contribution in [-0.2, 0) is 11.3 Å². The third-order valence-electron chi connectivity index (χ3n) is 4.14. The van der Waals surface area contributed by atoms with Gasteiger partial charge in [0.05, 0.1) is 30.4 Å².